The fraction of sp³-hybridized carbons (Fsp3) is 0.500. The molecule has 0 aromatic carbocycles. The van der Waals surface area contributed by atoms with Gasteiger partial charge < -0.3 is 15.4 Å². The Hall–Kier alpha value is -3.31. The fourth-order valence-corrected chi connectivity index (χ4v) is 2.57. The van der Waals surface area contributed by atoms with Gasteiger partial charge in [0.05, 0.1) is 34.9 Å². The Labute approximate surface area is 148 Å². The van der Waals surface area contributed by atoms with E-state index in [0.29, 0.717) is 23.6 Å². The van der Waals surface area contributed by atoms with Crippen LogP contribution < -0.4 is 5.32 Å². The zero-order valence-corrected chi connectivity index (χ0v) is 14.6. The number of hydrogen-bond acceptors (Lipinski definition) is 7. The predicted molar refractivity (Wildman–Crippen MR) is 89.6 cm³/mol. The Morgan fingerprint density at radius 3 is 2.35 bits per heavy atom. The molecule has 2 aromatic rings. The van der Waals surface area contributed by atoms with Crippen LogP contribution in [0.4, 0.5) is 11.5 Å². The summed E-state index contributed by atoms with van der Waals surface area (Å²) in [5.41, 5.74) is 1.30. The van der Waals surface area contributed by atoms with Crippen LogP contribution in [0.25, 0.3) is 0 Å². The molecular formula is C14H19N7O5. The number of rotatable bonds is 8. The zero-order valence-electron chi connectivity index (χ0n) is 14.6. The number of carbonyl (C=O) groups is 1. The van der Waals surface area contributed by atoms with E-state index in [1.54, 1.807) is 20.8 Å². The van der Waals surface area contributed by atoms with Gasteiger partial charge in [0.2, 0.25) is 5.91 Å². The topological polar surface area (TPSA) is 151 Å². The molecule has 2 rings (SSSR count). The SMILES string of the molecule is Cc1nn(CCC(=O)NCCn2nc([N+](=O)[O-])cc2C)c(C)c1[N+](=O)[O-]. The van der Waals surface area contributed by atoms with Gasteiger partial charge in [-0.25, -0.2) is 0 Å². The van der Waals surface area contributed by atoms with Crippen molar-refractivity contribution < 1.29 is 14.6 Å². The molecule has 0 atom stereocenters. The Balaban J connectivity index is 1.84. The van der Waals surface area contributed by atoms with Gasteiger partial charge in [0.25, 0.3) is 0 Å². The zero-order chi connectivity index (χ0) is 19.4. The first kappa shape index (κ1) is 19.0. The molecule has 0 saturated heterocycles. The first-order chi connectivity index (χ1) is 12.2. The molecule has 12 heteroatoms. The van der Waals surface area contributed by atoms with Gasteiger partial charge in [0.1, 0.15) is 11.4 Å². The van der Waals surface area contributed by atoms with Gasteiger partial charge >= 0.3 is 11.5 Å². The molecule has 1 amide bonds. The smallest absolute Gasteiger partial charge is 0.358 e. The Kier molecular flexibility index (Phi) is 5.64. The van der Waals surface area contributed by atoms with E-state index >= 15 is 0 Å². The van der Waals surface area contributed by atoms with Crippen LogP contribution in [-0.4, -0.2) is 41.9 Å². The van der Waals surface area contributed by atoms with Crippen LogP contribution >= 0.6 is 0 Å². The van der Waals surface area contributed by atoms with Gasteiger partial charge in [-0.1, -0.05) is 0 Å². The summed E-state index contributed by atoms with van der Waals surface area (Å²) >= 11 is 0. The quantitative estimate of drug-likeness (QED) is 0.542. The van der Waals surface area contributed by atoms with Gasteiger partial charge in [0, 0.05) is 13.0 Å². The maximum atomic E-state index is 11.9. The summed E-state index contributed by atoms with van der Waals surface area (Å²) in [5.74, 6) is -0.487. The van der Waals surface area contributed by atoms with Crippen molar-refractivity contribution in [2.45, 2.75) is 40.3 Å². The number of nitrogens with zero attached hydrogens (tertiary/aromatic N) is 6. The summed E-state index contributed by atoms with van der Waals surface area (Å²) in [6.45, 7) is 5.61. The summed E-state index contributed by atoms with van der Waals surface area (Å²) in [6, 6.07) is 1.36. The fourth-order valence-electron chi connectivity index (χ4n) is 2.57. The minimum absolute atomic E-state index is 0.0406. The third-order valence-corrected chi connectivity index (χ3v) is 3.88. The summed E-state index contributed by atoms with van der Waals surface area (Å²) < 4.78 is 2.89. The van der Waals surface area contributed by atoms with E-state index < -0.39 is 9.85 Å². The van der Waals surface area contributed by atoms with Gasteiger partial charge in [-0.05, 0) is 25.7 Å². The van der Waals surface area contributed by atoms with Crippen LogP contribution in [0.15, 0.2) is 6.07 Å². The minimum atomic E-state index is -0.574. The molecule has 2 heterocycles. The standard InChI is InChI=1S/C14H19N7O5/c1-9-8-12(20(23)24)17-18(9)7-5-15-13(22)4-6-19-11(3)14(21(25)26)10(2)16-19/h8H,4-7H2,1-3H3,(H,15,22). The molecule has 0 radical (unpaired) electrons. The van der Waals surface area contributed by atoms with Crippen molar-refractivity contribution in [2.24, 2.45) is 0 Å². The minimum Gasteiger partial charge on any atom is -0.358 e. The highest BCUT2D eigenvalue weighted by Crippen LogP contribution is 2.21. The van der Waals surface area contributed by atoms with Crippen LogP contribution in [0, 0.1) is 41.0 Å². The lowest BCUT2D eigenvalue weighted by Crippen LogP contribution is -2.28. The third-order valence-electron chi connectivity index (χ3n) is 3.88. The van der Waals surface area contributed by atoms with Crippen molar-refractivity contribution in [1.29, 1.82) is 0 Å². The Morgan fingerprint density at radius 1 is 1.12 bits per heavy atom. The van der Waals surface area contributed by atoms with Crippen molar-refractivity contribution >= 4 is 17.4 Å². The number of nitrogens with one attached hydrogen (secondary N) is 1. The molecule has 0 spiro atoms. The molecule has 0 fully saturated rings. The third kappa shape index (κ3) is 4.20. The molecule has 0 aliphatic heterocycles. The molecule has 0 unspecified atom stereocenters. The molecule has 0 saturated carbocycles. The van der Waals surface area contributed by atoms with Crippen molar-refractivity contribution in [1.82, 2.24) is 24.9 Å². The second-order valence-electron chi connectivity index (χ2n) is 5.72. The van der Waals surface area contributed by atoms with Crippen molar-refractivity contribution in [3.8, 4) is 0 Å². The Morgan fingerprint density at radius 2 is 1.81 bits per heavy atom. The van der Waals surface area contributed by atoms with Gasteiger partial charge in [0.15, 0.2) is 0 Å². The van der Waals surface area contributed by atoms with Crippen molar-refractivity contribution in [3.63, 3.8) is 0 Å². The number of hydrogen-bond donors (Lipinski definition) is 1. The Bertz CT molecular complexity index is 854. The average molecular weight is 365 g/mol. The van der Waals surface area contributed by atoms with Gasteiger partial charge in [-0.15, -0.1) is 0 Å². The van der Waals surface area contributed by atoms with Crippen LogP contribution in [0.1, 0.15) is 23.5 Å². The first-order valence-corrected chi connectivity index (χ1v) is 7.84. The van der Waals surface area contributed by atoms with E-state index in [-0.39, 0.29) is 36.9 Å². The second-order valence-corrected chi connectivity index (χ2v) is 5.72. The number of amides is 1. The number of nitro groups is 2. The summed E-state index contributed by atoms with van der Waals surface area (Å²) in [7, 11) is 0. The summed E-state index contributed by atoms with van der Waals surface area (Å²) in [6.07, 6.45) is 0.108. The molecule has 2 aromatic heterocycles. The highest BCUT2D eigenvalue weighted by Gasteiger charge is 2.22. The summed E-state index contributed by atoms with van der Waals surface area (Å²) in [5, 5.41) is 32.2. The predicted octanol–water partition coefficient (Wildman–Crippen LogP) is 1.03. The van der Waals surface area contributed by atoms with Crippen LogP contribution in [-0.2, 0) is 17.9 Å². The largest absolute Gasteiger partial charge is 0.390 e. The van der Waals surface area contributed by atoms with Crippen LogP contribution in [0.5, 0.6) is 0 Å². The highest BCUT2D eigenvalue weighted by molar-refractivity contribution is 5.75. The van der Waals surface area contributed by atoms with Crippen LogP contribution in [0.3, 0.4) is 0 Å². The van der Waals surface area contributed by atoms with E-state index in [0.717, 1.165) is 0 Å². The maximum absolute atomic E-state index is 11.9. The molecular weight excluding hydrogens is 346 g/mol. The maximum Gasteiger partial charge on any atom is 0.390 e. The lowest BCUT2D eigenvalue weighted by Gasteiger charge is -2.06. The molecule has 1 N–H and O–H groups in total. The lowest BCUT2D eigenvalue weighted by molar-refractivity contribution is -0.389. The van der Waals surface area contributed by atoms with E-state index in [1.807, 2.05) is 0 Å². The molecule has 26 heavy (non-hydrogen) atoms. The first-order valence-electron chi connectivity index (χ1n) is 7.84. The van der Waals surface area contributed by atoms with Crippen molar-refractivity contribution in [3.05, 3.63) is 43.4 Å². The van der Waals surface area contributed by atoms with E-state index in [2.05, 4.69) is 15.5 Å². The van der Waals surface area contributed by atoms with E-state index in [9.17, 15) is 25.0 Å². The summed E-state index contributed by atoms with van der Waals surface area (Å²) in [4.78, 5) is 32.5. The monoisotopic (exact) mass is 365 g/mol. The van der Waals surface area contributed by atoms with Gasteiger partial charge in [-0.3, -0.25) is 19.6 Å². The highest BCUT2D eigenvalue weighted by atomic mass is 16.6. The number of aromatic nitrogens is 4. The number of carbonyl (C=O) groups excluding carboxylic acids is 1. The molecule has 12 nitrogen and oxygen atoms in total. The number of aryl methyl sites for hydroxylation is 3. The molecule has 140 valence electrons. The van der Waals surface area contributed by atoms with E-state index in [1.165, 1.54) is 15.4 Å². The molecule has 0 aliphatic rings. The molecule has 0 bridgehead atoms. The second kappa shape index (κ2) is 7.72. The average Bonchev–Trinajstić information content (AvgIpc) is 3.05. The normalized spacial score (nSPS) is 10.7. The lowest BCUT2D eigenvalue weighted by atomic mass is 10.3. The molecule has 0 aliphatic carbocycles. The van der Waals surface area contributed by atoms with E-state index in [4.69, 9.17) is 0 Å². The van der Waals surface area contributed by atoms with Crippen LogP contribution in [0.2, 0.25) is 0 Å². The van der Waals surface area contributed by atoms with Gasteiger partial charge in [-0.2, -0.15) is 9.78 Å². The van der Waals surface area contributed by atoms with Crippen molar-refractivity contribution in [2.75, 3.05) is 6.54 Å².